The fourth-order valence-corrected chi connectivity index (χ4v) is 0.624. The first-order chi connectivity index (χ1) is 4.43. The number of halogens is 1. The standard InChI is InChI=1S/C9H7.BrH.Zn/c1-2-6-9-7-4-3-5-8-9;;/h3-5,7-8H,1H2;1H;/p-1. The summed E-state index contributed by atoms with van der Waals surface area (Å²) in [5.74, 6) is 0. The van der Waals surface area contributed by atoms with Crippen molar-refractivity contribution in [1.29, 1.82) is 0 Å². The molecule has 0 aromatic rings. The molecule has 0 aromatic heterocycles. The van der Waals surface area contributed by atoms with Crippen LogP contribution in [0, 0.1) is 6.42 Å². The third-order valence-electron chi connectivity index (χ3n) is 1.01. The van der Waals surface area contributed by atoms with Gasteiger partial charge in [0.25, 0.3) is 0 Å². The van der Waals surface area contributed by atoms with E-state index in [4.69, 9.17) is 0 Å². The first-order valence-electron chi connectivity index (χ1n) is 2.76. The molecule has 1 aliphatic carbocycles. The first-order valence-corrected chi connectivity index (χ1v) is 2.76. The van der Waals surface area contributed by atoms with E-state index < -0.39 is 0 Å². The van der Waals surface area contributed by atoms with Crippen molar-refractivity contribution in [2.24, 2.45) is 0 Å². The SMILES string of the molecule is C=C=C=C1[CH]C=CC=C1.[Br-].[Zn]. The minimum atomic E-state index is 0. The van der Waals surface area contributed by atoms with Crippen LogP contribution in [0.3, 0.4) is 0 Å². The van der Waals surface area contributed by atoms with E-state index >= 15 is 0 Å². The average molecular weight is 260 g/mol. The van der Waals surface area contributed by atoms with E-state index in [1.165, 1.54) is 0 Å². The molecular formula is C9H7BrZn-. The van der Waals surface area contributed by atoms with Gasteiger partial charge in [-0.2, -0.15) is 0 Å². The average Bonchev–Trinajstić information content (AvgIpc) is 1.91. The minimum absolute atomic E-state index is 0. The van der Waals surface area contributed by atoms with E-state index in [9.17, 15) is 0 Å². The molecule has 0 amide bonds. The van der Waals surface area contributed by atoms with Crippen molar-refractivity contribution < 1.29 is 36.5 Å². The molecule has 1 aliphatic rings. The second-order valence-electron chi connectivity index (χ2n) is 1.67. The van der Waals surface area contributed by atoms with Crippen molar-refractivity contribution >= 4 is 0 Å². The number of hydrogen-bond donors (Lipinski definition) is 0. The van der Waals surface area contributed by atoms with Gasteiger partial charge in [-0.1, -0.05) is 35.8 Å². The Morgan fingerprint density at radius 1 is 1.18 bits per heavy atom. The number of allylic oxidation sites excluding steroid dienone is 5. The molecule has 0 heterocycles. The molecule has 53 valence electrons. The topological polar surface area (TPSA) is 0 Å². The van der Waals surface area contributed by atoms with Crippen LogP contribution in [0.1, 0.15) is 0 Å². The molecule has 0 atom stereocenters. The fourth-order valence-electron chi connectivity index (χ4n) is 0.624. The van der Waals surface area contributed by atoms with Crippen molar-refractivity contribution in [2.75, 3.05) is 0 Å². The molecule has 1 rings (SSSR count). The zero-order valence-corrected chi connectivity index (χ0v) is 10.7. The van der Waals surface area contributed by atoms with Gasteiger partial charge < -0.3 is 17.0 Å². The van der Waals surface area contributed by atoms with Crippen molar-refractivity contribution in [2.45, 2.75) is 0 Å². The van der Waals surface area contributed by atoms with E-state index in [-0.39, 0.29) is 36.5 Å². The van der Waals surface area contributed by atoms with Crippen LogP contribution in [0.15, 0.2) is 47.9 Å². The third-order valence-corrected chi connectivity index (χ3v) is 1.01. The van der Waals surface area contributed by atoms with Gasteiger partial charge in [-0.05, 0) is 6.58 Å². The van der Waals surface area contributed by atoms with Crippen LogP contribution < -0.4 is 17.0 Å². The maximum atomic E-state index is 3.42. The summed E-state index contributed by atoms with van der Waals surface area (Å²) in [4.78, 5) is 0. The van der Waals surface area contributed by atoms with Crippen molar-refractivity contribution in [3.63, 3.8) is 0 Å². The molecule has 2 heteroatoms. The molecule has 0 saturated carbocycles. The van der Waals surface area contributed by atoms with Gasteiger partial charge >= 0.3 is 0 Å². The van der Waals surface area contributed by atoms with Crippen LogP contribution in [0.2, 0.25) is 0 Å². The first kappa shape index (κ1) is 13.5. The Morgan fingerprint density at radius 2 is 1.91 bits per heavy atom. The number of hydrogen-bond acceptors (Lipinski definition) is 0. The summed E-state index contributed by atoms with van der Waals surface area (Å²) in [7, 11) is 0. The van der Waals surface area contributed by atoms with Crippen molar-refractivity contribution in [1.82, 2.24) is 0 Å². The summed E-state index contributed by atoms with van der Waals surface area (Å²) in [5, 5.41) is 0. The van der Waals surface area contributed by atoms with E-state index in [0.29, 0.717) is 0 Å². The Kier molecular flexibility index (Phi) is 9.78. The van der Waals surface area contributed by atoms with Crippen LogP contribution >= 0.6 is 0 Å². The molecule has 11 heavy (non-hydrogen) atoms. The predicted octanol–water partition coefficient (Wildman–Crippen LogP) is -0.815. The van der Waals surface area contributed by atoms with E-state index in [1.54, 1.807) is 0 Å². The molecule has 0 fully saturated rings. The minimum Gasteiger partial charge on any atom is -1.00 e. The van der Waals surface area contributed by atoms with Crippen LogP contribution in [0.4, 0.5) is 0 Å². The van der Waals surface area contributed by atoms with E-state index in [0.717, 1.165) is 5.57 Å². The summed E-state index contributed by atoms with van der Waals surface area (Å²) >= 11 is 0. The Balaban J connectivity index is 0. The smallest absolute Gasteiger partial charge is 0.0211 e. The Morgan fingerprint density at radius 3 is 2.36 bits per heavy atom. The quantitative estimate of drug-likeness (QED) is 0.395. The van der Waals surface area contributed by atoms with Crippen molar-refractivity contribution in [3.8, 4) is 0 Å². The molecule has 0 N–H and O–H groups in total. The van der Waals surface area contributed by atoms with Gasteiger partial charge in [0, 0.05) is 31.5 Å². The molecule has 0 aliphatic heterocycles. The van der Waals surface area contributed by atoms with Crippen molar-refractivity contribution in [3.05, 3.63) is 54.3 Å². The molecule has 1 radical (unpaired) electrons. The Hall–Kier alpha value is -0.117. The van der Waals surface area contributed by atoms with E-state index in [1.807, 2.05) is 30.7 Å². The van der Waals surface area contributed by atoms with Gasteiger partial charge in [-0.25, -0.2) is 0 Å². The maximum absolute atomic E-state index is 3.42. The largest absolute Gasteiger partial charge is 1.00 e. The normalized spacial score (nSPS) is 12.2. The third kappa shape index (κ3) is 5.19. The van der Waals surface area contributed by atoms with Gasteiger partial charge in [0.1, 0.15) is 0 Å². The second kappa shape index (κ2) is 7.98. The van der Waals surface area contributed by atoms with Gasteiger partial charge in [-0.3, -0.25) is 0 Å². The summed E-state index contributed by atoms with van der Waals surface area (Å²) in [6.07, 6.45) is 9.80. The molecule has 0 unspecified atom stereocenters. The summed E-state index contributed by atoms with van der Waals surface area (Å²) < 4.78 is 0. The monoisotopic (exact) mass is 258 g/mol. The Bertz CT molecular complexity index is 238. The number of rotatable bonds is 0. The Labute approximate surface area is 90.6 Å². The zero-order chi connectivity index (χ0) is 6.53. The molecule has 0 bridgehead atoms. The molecule has 0 spiro atoms. The van der Waals surface area contributed by atoms with Crippen LogP contribution in [-0.2, 0) is 19.5 Å². The van der Waals surface area contributed by atoms with Crippen LogP contribution in [0.25, 0.3) is 0 Å². The summed E-state index contributed by atoms with van der Waals surface area (Å²) in [5.41, 5.74) is 6.45. The molecule has 0 nitrogen and oxygen atoms in total. The summed E-state index contributed by atoms with van der Waals surface area (Å²) in [6.45, 7) is 3.42. The zero-order valence-electron chi connectivity index (χ0n) is 6.18. The molecule has 0 aromatic carbocycles. The molecular weight excluding hydrogens is 253 g/mol. The predicted molar refractivity (Wildman–Crippen MR) is 38.7 cm³/mol. The maximum Gasteiger partial charge on any atom is 0.0211 e. The summed E-state index contributed by atoms with van der Waals surface area (Å²) in [6, 6.07) is 0. The molecule has 0 saturated heterocycles. The van der Waals surface area contributed by atoms with Crippen LogP contribution in [0.5, 0.6) is 0 Å². The van der Waals surface area contributed by atoms with Gasteiger partial charge in [0.15, 0.2) is 0 Å². The fraction of sp³-hybridized carbons (Fsp3) is 0. The van der Waals surface area contributed by atoms with E-state index in [2.05, 4.69) is 18.0 Å². The van der Waals surface area contributed by atoms with Crippen LogP contribution in [-0.4, -0.2) is 0 Å². The van der Waals surface area contributed by atoms with Gasteiger partial charge in [0.2, 0.25) is 0 Å². The second-order valence-corrected chi connectivity index (χ2v) is 1.67. The van der Waals surface area contributed by atoms with Gasteiger partial charge in [0.05, 0.1) is 0 Å². The van der Waals surface area contributed by atoms with Gasteiger partial charge in [-0.15, -0.1) is 0 Å².